The molecule has 1 aromatic carbocycles. The van der Waals surface area contributed by atoms with Crippen molar-refractivity contribution in [2.24, 2.45) is 0 Å². The smallest absolute Gasteiger partial charge is 0.151 e. The van der Waals surface area contributed by atoms with Crippen LogP contribution in [0.15, 0.2) is 22.7 Å². The Balaban J connectivity index is 3.04. The summed E-state index contributed by atoms with van der Waals surface area (Å²) in [6.45, 7) is 0. The first-order valence-electron chi connectivity index (χ1n) is 3.50. The Labute approximate surface area is 84.8 Å². The second-order valence-corrected chi connectivity index (χ2v) is 5.86. The Hall–Kier alpha value is -0.420. The topological polar surface area (TPSA) is 34.1 Å². The fourth-order valence-electron chi connectivity index (χ4n) is 0.921. The standard InChI is InChI=1S/C8H8BrFO2S/c1-13(11,12)5-6-2-3-7(9)4-8(6)10/h2-4H,5H2,1H3. The number of hydrogen-bond acceptors (Lipinski definition) is 2. The summed E-state index contributed by atoms with van der Waals surface area (Å²) in [5, 5.41) is 0. The lowest BCUT2D eigenvalue weighted by atomic mass is 10.2. The maximum absolute atomic E-state index is 13.1. The van der Waals surface area contributed by atoms with Gasteiger partial charge in [-0.2, -0.15) is 0 Å². The number of halogens is 2. The molecule has 0 atom stereocenters. The lowest BCUT2D eigenvalue weighted by molar-refractivity contribution is 0.591. The molecule has 2 nitrogen and oxygen atoms in total. The lowest BCUT2D eigenvalue weighted by Crippen LogP contribution is -2.02. The van der Waals surface area contributed by atoms with E-state index in [2.05, 4.69) is 15.9 Å². The Morgan fingerprint density at radius 1 is 1.46 bits per heavy atom. The maximum atomic E-state index is 13.1. The third kappa shape index (κ3) is 3.44. The van der Waals surface area contributed by atoms with Crippen molar-refractivity contribution >= 4 is 25.8 Å². The molecule has 1 aromatic rings. The molecular formula is C8H8BrFO2S. The van der Waals surface area contributed by atoms with Crippen molar-refractivity contribution in [3.63, 3.8) is 0 Å². The zero-order valence-electron chi connectivity index (χ0n) is 6.92. The van der Waals surface area contributed by atoms with Gasteiger partial charge >= 0.3 is 0 Å². The summed E-state index contributed by atoms with van der Waals surface area (Å²) in [5.41, 5.74) is 0.200. The van der Waals surface area contributed by atoms with Gasteiger partial charge in [0.1, 0.15) is 5.82 Å². The quantitative estimate of drug-likeness (QED) is 0.822. The third-order valence-corrected chi connectivity index (χ3v) is 2.76. The van der Waals surface area contributed by atoms with Crippen molar-refractivity contribution in [3.8, 4) is 0 Å². The Morgan fingerprint density at radius 3 is 2.54 bits per heavy atom. The zero-order chi connectivity index (χ0) is 10.1. The molecule has 72 valence electrons. The van der Waals surface area contributed by atoms with E-state index in [1.807, 2.05) is 0 Å². The number of hydrogen-bond donors (Lipinski definition) is 0. The monoisotopic (exact) mass is 266 g/mol. The molecule has 0 saturated carbocycles. The molecule has 0 aliphatic rings. The van der Waals surface area contributed by atoms with E-state index < -0.39 is 15.7 Å². The van der Waals surface area contributed by atoms with Crippen LogP contribution >= 0.6 is 15.9 Å². The first-order valence-corrected chi connectivity index (χ1v) is 6.35. The van der Waals surface area contributed by atoms with Gasteiger partial charge < -0.3 is 0 Å². The lowest BCUT2D eigenvalue weighted by Gasteiger charge is -2.01. The fraction of sp³-hybridized carbons (Fsp3) is 0.250. The first-order chi connectivity index (χ1) is 5.88. The van der Waals surface area contributed by atoms with E-state index in [0.29, 0.717) is 4.47 Å². The minimum atomic E-state index is -3.17. The summed E-state index contributed by atoms with van der Waals surface area (Å²) >= 11 is 3.09. The highest BCUT2D eigenvalue weighted by Crippen LogP contribution is 2.16. The molecule has 0 aromatic heterocycles. The highest BCUT2D eigenvalue weighted by Gasteiger charge is 2.09. The van der Waals surface area contributed by atoms with Crippen molar-refractivity contribution in [2.75, 3.05) is 6.26 Å². The molecule has 0 spiro atoms. The van der Waals surface area contributed by atoms with Gasteiger partial charge in [0.15, 0.2) is 9.84 Å². The highest BCUT2D eigenvalue weighted by molar-refractivity contribution is 9.10. The molecule has 0 radical (unpaired) electrons. The van der Waals surface area contributed by atoms with Crippen LogP contribution in [0.4, 0.5) is 4.39 Å². The van der Waals surface area contributed by atoms with E-state index in [4.69, 9.17) is 0 Å². The van der Waals surface area contributed by atoms with E-state index in [1.54, 1.807) is 6.07 Å². The van der Waals surface area contributed by atoms with Crippen molar-refractivity contribution < 1.29 is 12.8 Å². The van der Waals surface area contributed by atoms with Gasteiger partial charge in [0.05, 0.1) is 5.75 Å². The molecule has 0 fully saturated rings. The van der Waals surface area contributed by atoms with Crippen molar-refractivity contribution in [1.82, 2.24) is 0 Å². The van der Waals surface area contributed by atoms with Crippen LogP contribution in [-0.4, -0.2) is 14.7 Å². The van der Waals surface area contributed by atoms with Crippen molar-refractivity contribution in [1.29, 1.82) is 0 Å². The molecule has 5 heteroatoms. The SMILES string of the molecule is CS(=O)(=O)Cc1ccc(Br)cc1F. The summed E-state index contributed by atoms with van der Waals surface area (Å²) in [4.78, 5) is 0. The Kier molecular flexibility index (Phi) is 3.08. The van der Waals surface area contributed by atoms with Crippen LogP contribution in [0, 0.1) is 5.82 Å². The van der Waals surface area contributed by atoms with Gasteiger partial charge in [0.2, 0.25) is 0 Å². The van der Waals surface area contributed by atoms with Gasteiger partial charge in [-0.05, 0) is 12.1 Å². The molecule has 0 saturated heterocycles. The number of rotatable bonds is 2. The second-order valence-electron chi connectivity index (χ2n) is 2.81. The summed E-state index contributed by atoms with van der Waals surface area (Å²) in [6.07, 6.45) is 1.08. The highest BCUT2D eigenvalue weighted by atomic mass is 79.9. The minimum absolute atomic E-state index is 0.200. The summed E-state index contributed by atoms with van der Waals surface area (Å²) in [7, 11) is -3.17. The second kappa shape index (κ2) is 3.75. The van der Waals surface area contributed by atoms with Crippen molar-refractivity contribution in [3.05, 3.63) is 34.1 Å². The molecule has 0 amide bonds. The van der Waals surface area contributed by atoms with Gasteiger partial charge in [-0.3, -0.25) is 0 Å². The van der Waals surface area contributed by atoms with Crippen LogP contribution in [0.25, 0.3) is 0 Å². The van der Waals surface area contributed by atoms with E-state index >= 15 is 0 Å². The minimum Gasteiger partial charge on any atom is -0.229 e. The average Bonchev–Trinajstić information content (AvgIpc) is 1.93. The molecule has 0 heterocycles. The number of sulfone groups is 1. The first kappa shape index (κ1) is 10.7. The van der Waals surface area contributed by atoms with Crippen LogP contribution in [0.2, 0.25) is 0 Å². The van der Waals surface area contributed by atoms with E-state index in [1.165, 1.54) is 12.1 Å². The zero-order valence-corrected chi connectivity index (χ0v) is 9.32. The molecule has 0 aliphatic carbocycles. The Bertz CT molecular complexity index is 414. The van der Waals surface area contributed by atoms with E-state index in [9.17, 15) is 12.8 Å². The molecule has 13 heavy (non-hydrogen) atoms. The van der Waals surface area contributed by atoms with Gasteiger partial charge in [-0.15, -0.1) is 0 Å². The maximum Gasteiger partial charge on any atom is 0.151 e. The molecule has 0 bridgehead atoms. The summed E-state index contributed by atoms with van der Waals surface area (Å²) < 4.78 is 35.4. The molecule has 0 unspecified atom stereocenters. The summed E-state index contributed by atoms with van der Waals surface area (Å²) in [6, 6.07) is 4.32. The molecule has 0 N–H and O–H groups in total. The van der Waals surface area contributed by atoms with Gasteiger partial charge in [-0.25, -0.2) is 12.8 Å². The molecular weight excluding hydrogens is 259 g/mol. The van der Waals surface area contributed by atoms with Crippen LogP contribution in [0.5, 0.6) is 0 Å². The van der Waals surface area contributed by atoms with Crippen LogP contribution in [-0.2, 0) is 15.6 Å². The largest absolute Gasteiger partial charge is 0.229 e. The predicted molar refractivity (Wildman–Crippen MR) is 52.6 cm³/mol. The van der Waals surface area contributed by atoms with Gasteiger partial charge in [0.25, 0.3) is 0 Å². The summed E-state index contributed by atoms with van der Waals surface area (Å²) in [5.74, 6) is -0.758. The fourth-order valence-corrected chi connectivity index (χ4v) is 2.05. The van der Waals surface area contributed by atoms with E-state index in [-0.39, 0.29) is 11.3 Å². The van der Waals surface area contributed by atoms with Gasteiger partial charge in [-0.1, -0.05) is 22.0 Å². The Morgan fingerprint density at radius 2 is 2.08 bits per heavy atom. The van der Waals surface area contributed by atoms with Crippen molar-refractivity contribution in [2.45, 2.75) is 5.75 Å². The normalized spacial score (nSPS) is 11.6. The van der Waals surface area contributed by atoms with Crippen LogP contribution in [0.3, 0.4) is 0 Å². The van der Waals surface area contributed by atoms with E-state index in [0.717, 1.165) is 6.26 Å². The molecule has 1 rings (SSSR count). The third-order valence-electron chi connectivity index (χ3n) is 1.43. The van der Waals surface area contributed by atoms with Gasteiger partial charge in [0, 0.05) is 16.3 Å². The van der Waals surface area contributed by atoms with Crippen LogP contribution in [0.1, 0.15) is 5.56 Å². The number of benzene rings is 1. The average molecular weight is 267 g/mol. The molecule has 0 aliphatic heterocycles. The van der Waals surface area contributed by atoms with Crippen LogP contribution < -0.4 is 0 Å². The predicted octanol–water partition coefficient (Wildman–Crippen LogP) is 2.13.